The predicted octanol–water partition coefficient (Wildman–Crippen LogP) is 1.14. The van der Waals surface area contributed by atoms with Crippen LogP contribution in [-0.4, -0.2) is 45.2 Å². The van der Waals surface area contributed by atoms with Crippen LogP contribution >= 0.6 is 0 Å². The number of quaternary nitrogens is 1. The lowest BCUT2D eigenvalue weighted by Crippen LogP contribution is -3.16. The van der Waals surface area contributed by atoms with Crippen LogP contribution in [0.4, 0.5) is 19.0 Å². The third kappa shape index (κ3) is 5.93. The molecule has 1 fully saturated rings. The minimum Gasteiger partial charge on any atom is -0.351 e. The largest absolute Gasteiger partial charge is 0.419 e. The number of nitrogens with one attached hydrogen (secondary N) is 3. The van der Waals surface area contributed by atoms with E-state index in [0.29, 0.717) is 32.0 Å². The normalized spacial score (nSPS) is 16.5. The Morgan fingerprint density at radius 3 is 2.45 bits per heavy atom. The Morgan fingerprint density at radius 1 is 1.17 bits per heavy atom. The summed E-state index contributed by atoms with van der Waals surface area (Å²) in [5, 5.41) is 3.01. The van der Waals surface area contributed by atoms with E-state index in [1.807, 2.05) is 23.1 Å². The average molecular weight is 408 g/mol. The lowest BCUT2D eigenvalue weighted by molar-refractivity contribution is -0.892. The molecule has 0 radical (unpaired) electrons. The number of aromatic amines is 1. The van der Waals surface area contributed by atoms with Crippen molar-refractivity contribution in [2.24, 2.45) is 0 Å². The second-order valence-corrected chi connectivity index (χ2v) is 7.49. The number of rotatable bonds is 6. The van der Waals surface area contributed by atoms with Crippen molar-refractivity contribution in [2.45, 2.75) is 19.0 Å². The van der Waals surface area contributed by atoms with Gasteiger partial charge in [-0.2, -0.15) is 13.2 Å². The van der Waals surface area contributed by atoms with Crippen molar-refractivity contribution < 1.29 is 27.8 Å². The van der Waals surface area contributed by atoms with Crippen LogP contribution < -0.4 is 20.1 Å². The highest BCUT2D eigenvalue weighted by atomic mass is 19.4. The van der Waals surface area contributed by atoms with Gasteiger partial charge in [-0.25, -0.2) is 4.98 Å². The lowest BCUT2D eigenvalue weighted by atomic mass is 10.0. The van der Waals surface area contributed by atoms with E-state index in [2.05, 4.69) is 29.4 Å². The van der Waals surface area contributed by atoms with Crippen molar-refractivity contribution in [1.29, 1.82) is 0 Å². The van der Waals surface area contributed by atoms with Gasteiger partial charge < -0.3 is 10.2 Å². The molecule has 1 saturated heterocycles. The first-order valence-corrected chi connectivity index (χ1v) is 9.82. The van der Waals surface area contributed by atoms with Gasteiger partial charge in [0.2, 0.25) is 0 Å². The van der Waals surface area contributed by atoms with Crippen molar-refractivity contribution in [1.82, 2.24) is 5.32 Å². The highest BCUT2D eigenvalue weighted by Gasteiger charge is 2.33. The molecular formula is C21H27F3N4O+2. The van der Waals surface area contributed by atoms with Gasteiger partial charge in [-0.3, -0.25) is 9.69 Å². The van der Waals surface area contributed by atoms with E-state index in [0.717, 1.165) is 25.4 Å². The molecule has 0 bridgehead atoms. The molecule has 0 aliphatic carbocycles. The SMILES string of the molecule is C[C@@H](CNC(=O)C[NH+]1CCN(c2ccc(C(F)(F)F)c[nH+]2)CC1)c1ccccc1. The maximum absolute atomic E-state index is 12.7. The first kappa shape index (κ1) is 21.1. The molecule has 0 spiro atoms. The number of hydrogen-bond acceptors (Lipinski definition) is 2. The molecule has 8 heteroatoms. The topological polar surface area (TPSA) is 50.9 Å². The van der Waals surface area contributed by atoms with E-state index >= 15 is 0 Å². The number of amides is 1. The number of piperazine rings is 1. The molecule has 2 heterocycles. The standard InChI is InChI=1S/C21H25F3N4O/c1-16(17-5-3-2-4-6-17)13-26-20(29)15-27-9-11-28(12-10-27)19-8-7-18(14-25-19)21(22,23)24/h2-8,14,16H,9-13,15H2,1H3,(H,26,29)/p+2/t16-/m0/s1. The minimum absolute atomic E-state index is 0.0253. The maximum Gasteiger partial charge on any atom is 0.419 e. The van der Waals surface area contributed by atoms with E-state index in [9.17, 15) is 18.0 Å². The molecule has 1 aliphatic heterocycles. The molecule has 156 valence electrons. The number of anilines is 1. The third-order valence-corrected chi connectivity index (χ3v) is 5.32. The molecule has 3 rings (SSSR count). The van der Waals surface area contributed by atoms with E-state index in [1.165, 1.54) is 16.5 Å². The van der Waals surface area contributed by atoms with Gasteiger partial charge >= 0.3 is 6.18 Å². The molecule has 1 aromatic carbocycles. The Hall–Kier alpha value is -2.61. The maximum atomic E-state index is 12.7. The van der Waals surface area contributed by atoms with Crippen molar-refractivity contribution in [3.05, 3.63) is 59.8 Å². The van der Waals surface area contributed by atoms with Crippen LogP contribution in [0.1, 0.15) is 24.0 Å². The summed E-state index contributed by atoms with van der Waals surface area (Å²) in [6.07, 6.45) is -3.35. The zero-order valence-corrected chi connectivity index (χ0v) is 16.4. The van der Waals surface area contributed by atoms with Gasteiger partial charge in [-0.1, -0.05) is 37.3 Å². The van der Waals surface area contributed by atoms with Crippen LogP contribution in [0.2, 0.25) is 0 Å². The predicted molar refractivity (Wildman–Crippen MR) is 104 cm³/mol. The molecule has 1 aromatic heterocycles. The molecule has 0 saturated carbocycles. The Morgan fingerprint density at radius 2 is 1.86 bits per heavy atom. The smallest absolute Gasteiger partial charge is 0.351 e. The highest BCUT2D eigenvalue weighted by molar-refractivity contribution is 5.76. The van der Waals surface area contributed by atoms with Crippen molar-refractivity contribution >= 4 is 11.7 Å². The zero-order valence-electron chi connectivity index (χ0n) is 16.4. The molecule has 1 aliphatic rings. The summed E-state index contributed by atoms with van der Waals surface area (Å²) in [4.78, 5) is 18.2. The molecule has 1 atom stereocenters. The van der Waals surface area contributed by atoms with E-state index < -0.39 is 11.7 Å². The summed E-state index contributed by atoms with van der Waals surface area (Å²) in [6, 6.07) is 12.6. The van der Waals surface area contributed by atoms with Crippen molar-refractivity contribution in [3.63, 3.8) is 0 Å². The van der Waals surface area contributed by atoms with E-state index in [-0.39, 0.29) is 11.8 Å². The van der Waals surface area contributed by atoms with Gasteiger partial charge in [-0.05, 0) is 17.5 Å². The number of alkyl halides is 3. The number of benzene rings is 1. The molecule has 1 amide bonds. The lowest BCUT2D eigenvalue weighted by Gasteiger charge is -2.28. The Labute approximate surface area is 168 Å². The number of hydrogen-bond donors (Lipinski definition) is 2. The third-order valence-electron chi connectivity index (χ3n) is 5.32. The Bertz CT molecular complexity index is 788. The number of aromatic nitrogens is 1. The minimum atomic E-state index is -4.34. The number of carbonyl (C=O) groups is 1. The van der Waals surface area contributed by atoms with Gasteiger partial charge in [0.1, 0.15) is 32.4 Å². The fraction of sp³-hybridized carbons (Fsp3) is 0.429. The van der Waals surface area contributed by atoms with Crippen LogP contribution in [0.3, 0.4) is 0 Å². The summed E-state index contributed by atoms with van der Waals surface area (Å²) in [5.41, 5.74) is 0.508. The Kier molecular flexibility index (Phi) is 6.74. The summed E-state index contributed by atoms with van der Waals surface area (Å²) in [5.74, 6) is 0.942. The van der Waals surface area contributed by atoms with Crippen LogP contribution in [-0.2, 0) is 11.0 Å². The van der Waals surface area contributed by atoms with E-state index in [1.54, 1.807) is 0 Å². The summed E-state index contributed by atoms with van der Waals surface area (Å²) >= 11 is 0. The number of carbonyl (C=O) groups excluding carboxylic acids is 1. The second kappa shape index (κ2) is 9.26. The van der Waals surface area contributed by atoms with Crippen LogP contribution in [0.25, 0.3) is 0 Å². The fourth-order valence-corrected chi connectivity index (χ4v) is 3.49. The van der Waals surface area contributed by atoms with Crippen LogP contribution in [0, 0.1) is 0 Å². The van der Waals surface area contributed by atoms with E-state index in [4.69, 9.17) is 0 Å². The summed E-state index contributed by atoms with van der Waals surface area (Å²) in [7, 11) is 0. The molecule has 5 nitrogen and oxygen atoms in total. The summed E-state index contributed by atoms with van der Waals surface area (Å²) in [6.45, 7) is 5.99. The molecule has 0 unspecified atom stereocenters. The number of nitrogens with zero attached hydrogens (tertiary/aromatic N) is 1. The first-order chi connectivity index (χ1) is 13.8. The fourth-order valence-electron chi connectivity index (χ4n) is 3.49. The Balaban J connectivity index is 1.42. The monoisotopic (exact) mass is 408 g/mol. The molecular weight excluding hydrogens is 381 g/mol. The van der Waals surface area contributed by atoms with Crippen molar-refractivity contribution in [2.75, 3.05) is 44.2 Å². The van der Waals surface area contributed by atoms with Crippen LogP contribution in [0.15, 0.2) is 48.7 Å². The number of halogens is 3. The van der Waals surface area contributed by atoms with Gasteiger partial charge in [0.25, 0.3) is 11.7 Å². The zero-order chi connectivity index (χ0) is 20.9. The van der Waals surface area contributed by atoms with Gasteiger partial charge in [-0.15, -0.1) is 0 Å². The first-order valence-electron chi connectivity index (χ1n) is 9.82. The van der Waals surface area contributed by atoms with Crippen molar-refractivity contribution in [3.8, 4) is 0 Å². The molecule has 3 N–H and O–H groups in total. The second-order valence-electron chi connectivity index (χ2n) is 7.49. The van der Waals surface area contributed by atoms with Gasteiger partial charge in [0, 0.05) is 12.6 Å². The summed E-state index contributed by atoms with van der Waals surface area (Å²) < 4.78 is 38.0. The number of H-pyrrole nitrogens is 1. The highest BCUT2D eigenvalue weighted by Crippen LogP contribution is 2.28. The number of pyridine rings is 1. The molecule has 2 aromatic rings. The quantitative estimate of drug-likeness (QED) is 0.754. The van der Waals surface area contributed by atoms with Gasteiger partial charge in [0.05, 0.1) is 5.56 Å². The molecule has 29 heavy (non-hydrogen) atoms. The van der Waals surface area contributed by atoms with Crippen LogP contribution in [0.5, 0.6) is 0 Å². The van der Waals surface area contributed by atoms with Gasteiger partial charge in [0.15, 0.2) is 6.54 Å². The average Bonchev–Trinajstić information content (AvgIpc) is 2.73.